The summed E-state index contributed by atoms with van der Waals surface area (Å²) in [5.74, 6) is 3.81. The van der Waals surface area contributed by atoms with Crippen molar-refractivity contribution in [1.29, 1.82) is 0 Å². The SMILES string of the molecule is C1=CC(c2ccccc2)CC=C1c1nc(-c2ccccc2)nc(-n2c3ccccc3c3ccc(-c4cccc(-c5ccc6c(c5)Oc5ccccc5N6c5ccccc5)c4)cc32)n1. The second-order valence-electron chi connectivity index (χ2n) is 16.0. The number of rotatable bonds is 7. The molecular weight excluding hydrogens is 771 g/mol. The summed E-state index contributed by atoms with van der Waals surface area (Å²) in [6.07, 6.45) is 7.56. The van der Waals surface area contributed by atoms with Crippen LogP contribution in [0, 0.1) is 0 Å². The number of allylic oxidation sites excluding steroid dienone is 4. The number of nitrogens with zero attached hydrogens (tertiary/aromatic N) is 5. The van der Waals surface area contributed by atoms with Gasteiger partial charge in [-0.25, -0.2) is 4.98 Å². The van der Waals surface area contributed by atoms with Crippen LogP contribution in [0.2, 0.25) is 0 Å². The van der Waals surface area contributed by atoms with Gasteiger partial charge >= 0.3 is 0 Å². The van der Waals surface area contributed by atoms with Crippen LogP contribution in [0.25, 0.3) is 67.0 Å². The lowest BCUT2D eigenvalue weighted by molar-refractivity contribution is 0.477. The highest BCUT2D eigenvalue weighted by Crippen LogP contribution is 2.51. The molecular formula is C57H39N5O. The molecule has 0 saturated heterocycles. The fourth-order valence-corrected chi connectivity index (χ4v) is 9.08. The Hall–Kier alpha value is -8.35. The van der Waals surface area contributed by atoms with Crippen LogP contribution in [0.1, 0.15) is 23.7 Å². The van der Waals surface area contributed by atoms with Gasteiger partial charge in [0.15, 0.2) is 23.1 Å². The van der Waals surface area contributed by atoms with Crippen molar-refractivity contribution in [2.75, 3.05) is 4.90 Å². The second kappa shape index (κ2) is 15.3. The van der Waals surface area contributed by atoms with Gasteiger partial charge in [-0.05, 0) is 88.8 Å². The lowest BCUT2D eigenvalue weighted by Gasteiger charge is -2.33. The first kappa shape index (κ1) is 36.5. The Kier molecular flexibility index (Phi) is 8.85. The summed E-state index contributed by atoms with van der Waals surface area (Å²) in [6, 6.07) is 70.0. The molecule has 0 fully saturated rings. The highest BCUT2D eigenvalue weighted by atomic mass is 16.5. The van der Waals surface area contributed by atoms with Crippen molar-refractivity contribution in [3.63, 3.8) is 0 Å². The first-order valence-electron chi connectivity index (χ1n) is 21.4. The molecule has 0 spiro atoms. The molecule has 3 heterocycles. The van der Waals surface area contributed by atoms with E-state index in [0.29, 0.717) is 23.5 Å². The van der Waals surface area contributed by atoms with Gasteiger partial charge < -0.3 is 9.64 Å². The van der Waals surface area contributed by atoms with E-state index in [9.17, 15) is 0 Å². The quantitative estimate of drug-likeness (QED) is 0.160. The van der Waals surface area contributed by atoms with E-state index in [0.717, 1.165) is 90.2 Å². The number of ether oxygens (including phenoxy) is 1. The summed E-state index contributed by atoms with van der Waals surface area (Å²) < 4.78 is 8.78. The van der Waals surface area contributed by atoms with Gasteiger partial charge in [-0.3, -0.25) is 4.57 Å². The van der Waals surface area contributed by atoms with Gasteiger partial charge in [0.25, 0.3) is 0 Å². The summed E-state index contributed by atoms with van der Waals surface area (Å²) in [6.45, 7) is 0. The maximum absolute atomic E-state index is 6.58. The van der Waals surface area contributed by atoms with Crippen LogP contribution in [0.3, 0.4) is 0 Å². The minimum absolute atomic E-state index is 0.308. The summed E-state index contributed by atoms with van der Waals surface area (Å²) in [5.41, 5.74) is 12.8. The van der Waals surface area contributed by atoms with E-state index in [1.54, 1.807) is 0 Å². The number of anilines is 3. The Labute approximate surface area is 365 Å². The van der Waals surface area contributed by atoms with Gasteiger partial charge in [0.2, 0.25) is 5.95 Å². The Morgan fingerprint density at radius 2 is 1.10 bits per heavy atom. The molecule has 0 amide bonds. The van der Waals surface area contributed by atoms with Crippen LogP contribution in [0.5, 0.6) is 11.5 Å². The molecule has 298 valence electrons. The van der Waals surface area contributed by atoms with Crippen molar-refractivity contribution in [2.45, 2.75) is 12.3 Å². The molecule has 2 aliphatic rings. The Morgan fingerprint density at radius 1 is 0.460 bits per heavy atom. The largest absolute Gasteiger partial charge is 0.453 e. The highest BCUT2D eigenvalue weighted by Gasteiger charge is 2.26. The molecule has 2 aromatic heterocycles. The third kappa shape index (κ3) is 6.57. The van der Waals surface area contributed by atoms with Gasteiger partial charge in [-0.2, -0.15) is 9.97 Å². The third-order valence-corrected chi connectivity index (χ3v) is 12.2. The van der Waals surface area contributed by atoms with E-state index in [1.807, 2.05) is 36.4 Å². The maximum atomic E-state index is 6.58. The number of benzene rings is 8. The number of hydrogen-bond acceptors (Lipinski definition) is 5. The van der Waals surface area contributed by atoms with Crippen molar-refractivity contribution >= 4 is 44.4 Å². The monoisotopic (exact) mass is 809 g/mol. The average Bonchev–Trinajstić information content (AvgIpc) is 3.70. The molecule has 0 N–H and O–H groups in total. The zero-order chi connectivity index (χ0) is 41.7. The molecule has 63 heavy (non-hydrogen) atoms. The van der Waals surface area contributed by atoms with Crippen LogP contribution in [0.4, 0.5) is 17.1 Å². The lowest BCUT2D eigenvalue weighted by Crippen LogP contribution is -2.15. The Morgan fingerprint density at radius 3 is 1.90 bits per heavy atom. The molecule has 0 radical (unpaired) electrons. The predicted octanol–water partition coefficient (Wildman–Crippen LogP) is 14.7. The number of hydrogen-bond donors (Lipinski definition) is 0. The van der Waals surface area contributed by atoms with Gasteiger partial charge in [0.1, 0.15) is 0 Å². The molecule has 1 atom stereocenters. The minimum atomic E-state index is 0.308. The molecule has 8 aromatic carbocycles. The molecule has 12 rings (SSSR count). The smallest absolute Gasteiger partial charge is 0.238 e. The van der Waals surface area contributed by atoms with Crippen LogP contribution in [0.15, 0.2) is 218 Å². The number of fused-ring (bicyclic) bond motifs is 5. The molecule has 6 nitrogen and oxygen atoms in total. The van der Waals surface area contributed by atoms with Crippen LogP contribution in [-0.4, -0.2) is 19.5 Å². The van der Waals surface area contributed by atoms with Crippen molar-refractivity contribution < 1.29 is 4.74 Å². The molecule has 10 aromatic rings. The van der Waals surface area contributed by atoms with E-state index in [1.165, 1.54) is 5.56 Å². The fraction of sp³-hybridized carbons (Fsp3) is 0.0351. The maximum Gasteiger partial charge on any atom is 0.238 e. The Balaban J connectivity index is 0.953. The van der Waals surface area contributed by atoms with Crippen molar-refractivity contribution in [3.8, 4) is 51.1 Å². The van der Waals surface area contributed by atoms with Crippen LogP contribution in [-0.2, 0) is 0 Å². The lowest BCUT2D eigenvalue weighted by atomic mass is 9.90. The van der Waals surface area contributed by atoms with Crippen molar-refractivity contribution in [3.05, 3.63) is 230 Å². The molecule has 0 saturated carbocycles. The number of aromatic nitrogens is 4. The topological polar surface area (TPSA) is 56.1 Å². The van der Waals surface area contributed by atoms with E-state index in [-0.39, 0.29) is 0 Å². The average molecular weight is 810 g/mol. The normalized spacial score (nSPS) is 14.3. The van der Waals surface area contributed by atoms with Gasteiger partial charge in [0, 0.05) is 33.5 Å². The van der Waals surface area contributed by atoms with E-state index in [2.05, 4.69) is 191 Å². The summed E-state index contributed by atoms with van der Waals surface area (Å²) in [7, 11) is 0. The van der Waals surface area contributed by atoms with E-state index >= 15 is 0 Å². The fourth-order valence-electron chi connectivity index (χ4n) is 9.08. The third-order valence-electron chi connectivity index (χ3n) is 12.2. The second-order valence-corrected chi connectivity index (χ2v) is 16.0. The van der Waals surface area contributed by atoms with Gasteiger partial charge in [0.05, 0.1) is 22.4 Å². The van der Waals surface area contributed by atoms with Crippen molar-refractivity contribution in [1.82, 2.24) is 19.5 Å². The molecule has 1 aliphatic carbocycles. The van der Waals surface area contributed by atoms with E-state index < -0.39 is 0 Å². The zero-order valence-corrected chi connectivity index (χ0v) is 34.2. The predicted molar refractivity (Wildman–Crippen MR) is 256 cm³/mol. The number of para-hydroxylation sites is 4. The first-order valence-corrected chi connectivity index (χ1v) is 21.4. The molecule has 1 aliphatic heterocycles. The van der Waals surface area contributed by atoms with E-state index in [4.69, 9.17) is 19.7 Å². The standard InChI is InChI=1S/C57H39N5O/c1-4-15-38(16-5-1)39-27-29-41(30-28-39)56-58-55(40-17-6-2-7-18-40)59-57(60-56)62-49-24-11-10-23-47(49)48-33-31-44(36-52(48)62)42-19-14-20-43(35-42)45-32-34-51-54(37-45)63-53-26-13-12-25-50(53)61(51)46-21-8-3-9-22-46/h1-27,29-37,39H,28H2. The molecule has 0 bridgehead atoms. The highest BCUT2D eigenvalue weighted by molar-refractivity contribution is 6.10. The Bertz CT molecular complexity index is 3410. The molecule has 6 heteroatoms. The van der Waals surface area contributed by atoms with Gasteiger partial charge in [-0.15, -0.1) is 0 Å². The summed E-state index contributed by atoms with van der Waals surface area (Å²) in [4.78, 5) is 17.8. The first-order chi connectivity index (χ1) is 31.2. The summed E-state index contributed by atoms with van der Waals surface area (Å²) >= 11 is 0. The van der Waals surface area contributed by atoms with Gasteiger partial charge in [-0.1, -0.05) is 164 Å². The van der Waals surface area contributed by atoms with Crippen LogP contribution >= 0.6 is 0 Å². The molecule has 1 unspecified atom stereocenters. The zero-order valence-electron chi connectivity index (χ0n) is 34.2. The van der Waals surface area contributed by atoms with Crippen LogP contribution < -0.4 is 9.64 Å². The summed E-state index contributed by atoms with van der Waals surface area (Å²) in [5, 5.41) is 2.27. The minimum Gasteiger partial charge on any atom is -0.453 e. The van der Waals surface area contributed by atoms with Crippen molar-refractivity contribution in [2.24, 2.45) is 0 Å².